The molecule has 1 aliphatic carbocycles. The topological polar surface area (TPSA) is 55.6 Å². The van der Waals surface area contributed by atoms with Crippen LogP contribution in [-0.2, 0) is 6.42 Å². The van der Waals surface area contributed by atoms with Crippen LogP contribution < -0.4 is 4.74 Å². The minimum atomic E-state index is -0.410. The first-order chi connectivity index (χ1) is 11.9. The Morgan fingerprint density at radius 1 is 1.19 bits per heavy atom. The molecule has 2 aromatic carbocycles. The summed E-state index contributed by atoms with van der Waals surface area (Å²) < 4.78 is 6.22. The van der Waals surface area contributed by atoms with Gasteiger partial charge in [0.25, 0.3) is 5.69 Å². The fraction of sp³-hybridized carbons (Fsp3) is 0.368. The third-order valence-corrected chi connectivity index (χ3v) is 4.98. The molecule has 26 heavy (non-hydrogen) atoms. The highest BCUT2D eigenvalue weighted by Gasteiger charge is 2.27. The van der Waals surface area contributed by atoms with E-state index in [1.807, 2.05) is 12.1 Å². The van der Waals surface area contributed by atoms with Gasteiger partial charge in [0, 0.05) is 29.6 Å². The number of fused-ring (bicyclic) bond motifs is 1. The van der Waals surface area contributed by atoms with E-state index in [9.17, 15) is 10.1 Å². The van der Waals surface area contributed by atoms with E-state index >= 15 is 0 Å². The highest BCUT2D eigenvalue weighted by atomic mass is 35.5. The zero-order valence-electron chi connectivity index (χ0n) is 14.7. The van der Waals surface area contributed by atoms with Gasteiger partial charge in [-0.25, -0.2) is 0 Å². The van der Waals surface area contributed by atoms with Crippen LogP contribution in [0.25, 0.3) is 0 Å². The van der Waals surface area contributed by atoms with Gasteiger partial charge in [0.2, 0.25) is 0 Å². The lowest BCUT2D eigenvalue weighted by Crippen LogP contribution is -2.30. The van der Waals surface area contributed by atoms with E-state index < -0.39 is 4.92 Å². The summed E-state index contributed by atoms with van der Waals surface area (Å²) in [4.78, 5) is 12.6. The highest BCUT2D eigenvalue weighted by molar-refractivity contribution is 6.30. The number of hydrogen-bond acceptors (Lipinski definition) is 4. The molecule has 1 aliphatic rings. The van der Waals surface area contributed by atoms with Crippen LogP contribution in [0.15, 0.2) is 42.5 Å². The number of aryl methyl sites for hydroxylation is 1. The predicted molar refractivity (Wildman–Crippen MR) is 106 cm³/mol. The first-order valence-corrected chi connectivity index (χ1v) is 8.67. The Morgan fingerprint density at radius 2 is 1.88 bits per heavy atom. The van der Waals surface area contributed by atoms with Crippen molar-refractivity contribution in [2.24, 2.45) is 0 Å². The van der Waals surface area contributed by atoms with E-state index in [-0.39, 0.29) is 24.2 Å². The molecule has 0 saturated carbocycles. The number of benzene rings is 2. The van der Waals surface area contributed by atoms with Gasteiger partial charge in [-0.1, -0.05) is 17.7 Å². The van der Waals surface area contributed by atoms with Gasteiger partial charge in [0.05, 0.1) is 4.92 Å². The van der Waals surface area contributed by atoms with Gasteiger partial charge >= 0.3 is 0 Å². The number of ether oxygens (including phenoxy) is 1. The van der Waals surface area contributed by atoms with E-state index in [1.54, 1.807) is 12.1 Å². The Balaban J connectivity index is 0.00000243. The zero-order chi connectivity index (χ0) is 18.0. The summed E-state index contributed by atoms with van der Waals surface area (Å²) in [5, 5.41) is 11.5. The maximum Gasteiger partial charge on any atom is 0.269 e. The van der Waals surface area contributed by atoms with Crippen molar-refractivity contribution in [1.29, 1.82) is 0 Å². The first kappa shape index (κ1) is 20.5. The van der Waals surface area contributed by atoms with Crippen molar-refractivity contribution in [3.8, 4) is 5.75 Å². The van der Waals surface area contributed by atoms with Crippen LogP contribution in [0.2, 0.25) is 5.02 Å². The van der Waals surface area contributed by atoms with E-state index in [0.717, 1.165) is 24.8 Å². The number of nitro groups is 1. The average Bonchev–Trinajstić information content (AvgIpc) is 2.75. The largest absolute Gasteiger partial charge is 0.486 e. The minimum absolute atomic E-state index is 0. The van der Waals surface area contributed by atoms with Gasteiger partial charge in [-0.15, -0.1) is 12.4 Å². The number of rotatable bonds is 4. The lowest BCUT2D eigenvalue weighted by atomic mass is 10.0. The van der Waals surface area contributed by atoms with Crippen LogP contribution in [0.4, 0.5) is 5.69 Å². The molecule has 0 spiro atoms. The normalized spacial score (nSPS) is 19.2. The van der Waals surface area contributed by atoms with Crippen LogP contribution in [0.3, 0.4) is 0 Å². The van der Waals surface area contributed by atoms with Crippen molar-refractivity contribution in [2.75, 3.05) is 14.1 Å². The quantitative estimate of drug-likeness (QED) is 0.411. The van der Waals surface area contributed by atoms with Crippen LogP contribution in [0, 0.1) is 10.1 Å². The molecule has 0 unspecified atom stereocenters. The van der Waals surface area contributed by atoms with Crippen LogP contribution in [-0.4, -0.2) is 30.0 Å². The highest BCUT2D eigenvalue weighted by Crippen LogP contribution is 2.35. The Kier molecular flexibility index (Phi) is 6.87. The summed E-state index contributed by atoms with van der Waals surface area (Å²) in [7, 11) is 4.16. The maximum atomic E-state index is 10.8. The van der Waals surface area contributed by atoms with E-state index in [1.165, 1.54) is 17.7 Å². The SMILES string of the molecule is CN(C)[C@@H]1CCc2ccc(Cl)cc2[C@H](Oc2ccc([N+](=O)[O-])cc2)C1.Cl. The first-order valence-electron chi connectivity index (χ1n) is 8.30. The molecule has 0 N–H and O–H groups in total. The minimum Gasteiger partial charge on any atom is -0.486 e. The molecule has 3 rings (SSSR count). The van der Waals surface area contributed by atoms with Crippen LogP contribution in [0.5, 0.6) is 5.75 Å². The fourth-order valence-electron chi connectivity index (χ4n) is 3.30. The molecule has 0 saturated heterocycles. The molecule has 5 nitrogen and oxygen atoms in total. The molecular formula is C19H22Cl2N2O3. The number of nitro benzene ring substituents is 1. The summed E-state index contributed by atoms with van der Waals surface area (Å²) in [5.74, 6) is 0.626. The summed E-state index contributed by atoms with van der Waals surface area (Å²) >= 11 is 6.21. The van der Waals surface area contributed by atoms with Gasteiger partial charge in [-0.3, -0.25) is 10.1 Å². The van der Waals surface area contributed by atoms with Crippen molar-refractivity contribution in [3.63, 3.8) is 0 Å². The molecular weight excluding hydrogens is 375 g/mol. The van der Waals surface area contributed by atoms with Crippen LogP contribution in [0.1, 0.15) is 30.1 Å². The molecule has 0 aliphatic heterocycles. The molecule has 0 radical (unpaired) electrons. The Labute approximate surface area is 164 Å². The molecule has 0 aromatic heterocycles. The summed E-state index contributed by atoms with van der Waals surface area (Å²) in [6, 6.07) is 12.6. The van der Waals surface area contributed by atoms with Gasteiger partial charge in [-0.05, 0) is 62.3 Å². The molecule has 7 heteroatoms. The summed E-state index contributed by atoms with van der Waals surface area (Å²) in [6.45, 7) is 0. The average molecular weight is 397 g/mol. The number of halogens is 2. The third-order valence-electron chi connectivity index (χ3n) is 4.74. The van der Waals surface area contributed by atoms with Gasteiger partial charge < -0.3 is 9.64 Å². The van der Waals surface area contributed by atoms with Crippen molar-refractivity contribution in [2.45, 2.75) is 31.4 Å². The number of nitrogens with zero attached hydrogens (tertiary/aromatic N) is 2. The van der Waals surface area contributed by atoms with Gasteiger partial charge in [0.15, 0.2) is 0 Å². The molecule has 2 aromatic rings. The monoisotopic (exact) mass is 396 g/mol. The standard InChI is InChI=1S/C19H21ClN2O3.ClH/c1-21(2)16-6-4-13-3-5-14(20)11-18(13)19(12-16)25-17-9-7-15(8-10-17)22(23)24;/h3,5,7-11,16,19H,4,6,12H2,1-2H3;1H/t16-,19-;/m1./s1. The lowest BCUT2D eigenvalue weighted by molar-refractivity contribution is -0.384. The summed E-state index contributed by atoms with van der Waals surface area (Å²) in [6.07, 6.45) is 2.75. The Hall–Kier alpha value is -1.82. The second kappa shape index (κ2) is 8.71. The third kappa shape index (κ3) is 4.67. The van der Waals surface area contributed by atoms with Crippen LogP contribution >= 0.6 is 24.0 Å². The Morgan fingerprint density at radius 3 is 2.50 bits per heavy atom. The van der Waals surface area contributed by atoms with E-state index in [2.05, 4.69) is 25.1 Å². The van der Waals surface area contributed by atoms with Crippen molar-refractivity contribution in [1.82, 2.24) is 4.90 Å². The molecule has 140 valence electrons. The summed E-state index contributed by atoms with van der Waals surface area (Å²) in [5.41, 5.74) is 2.42. The molecule has 0 bridgehead atoms. The molecule has 0 heterocycles. The molecule has 0 fully saturated rings. The second-order valence-corrected chi connectivity index (χ2v) is 7.03. The van der Waals surface area contributed by atoms with E-state index in [0.29, 0.717) is 16.8 Å². The van der Waals surface area contributed by atoms with Crippen molar-refractivity contribution in [3.05, 3.63) is 68.7 Å². The smallest absolute Gasteiger partial charge is 0.269 e. The maximum absolute atomic E-state index is 10.8. The number of non-ortho nitro benzene ring substituents is 1. The second-order valence-electron chi connectivity index (χ2n) is 6.59. The van der Waals surface area contributed by atoms with E-state index in [4.69, 9.17) is 16.3 Å². The van der Waals surface area contributed by atoms with Gasteiger partial charge in [0.1, 0.15) is 11.9 Å². The molecule has 0 amide bonds. The molecule has 2 atom stereocenters. The predicted octanol–water partition coefficient (Wildman–Crippen LogP) is 5.06. The van der Waals surface area contributed by atoms with Gasteiger partial charge in [-0.2, -0.15) is 0 Å². The zero-order valence-corrected chi connectivity index (χ0v) is 16.3. The van der Waals surface area contributed by atoms with Crippen molar-refractivity contribution >= 4 is 29.7 Å². The fourth-order valence-corrected chi connectivity index (χ4v) is 3.48. The lowest BCUT2D eigenvalue weighted by Gasteiger charge is -2.27. The van der Waals surface area contributed by atoms with Crippen molar-refractivity contribution < 1.29 is 9.66 Å². The number of hydrogen-bond donors (Lipinski definition) is 0. The Bertz CT molecular complexity index is 766.